The van der Waals surface area contributed by atoms with Crippen LogP contribution in [0.15, 0.2) is 75.0 Å². The van der Waals surface area contributed by atoms with Crippen molar-refractivity contribution in [2.24, 2.45) is 4.99 Å². The average molecular weight is 439 g/mol. The number of carbonyl (C=O) groups excluding carboxylic acids is 2. The number of halogens is 1. The molecule has 0 spiro atoms. The minimum Gasteiger partial charge on any atom is -0.465 e. The molecule has 1 aliphatic heterocycles. The molecule has 0 bridgehead atoms. The van der Waals surface area contributed by atoms with Crippen LogP contribution in [0.1, 0.15) is 16.1 Å². The molecule has 1 N–H and O–H groups in total. The SMILES string of the molecule is COC(=O)c1ccccc1-c1ccc(/C=C2\SC(=Nc3ccccc3Cl)NC2=O)o1. The van der Waals surface area contributed by atoms with Crippen LogP contribution in [0.25, 0.3) is 17.4 Å². The van der Waals surface area contributed by atoms with Gasteiger partial charge in [-0.15, -0.1) is 0 Å². The summed E-state index contributed by atoms with van der Waals surface area (Å²) >= 11 is 7.31. The van der Waals surface area contributed by atoms with E-state index in [0.29, 0.717) is 43.4 Å². The maximum absolute atomic E-state index is 12.3. The molecule has 150 valence electrons. The van der Waals surface area contributed by atoms with E-state index in [-0.39, 0.29) is 5.91 Å². The second-order valence-electron chi connectivity index (χ2n) is 6.17. The number of benzene rings is 2. The van der Waals surface area contributed by atoms with Crippen LogP contribution in [0.5, 0.6) is 0 Å². The molecule has 0 aliphatic carbocycles. The number of amides is 1. The lowest BCUT2D eigenvalue weighted by Crippen LogP contribution is -2.19. The molecule has 2 heterocycles. The predicted molar refractivity (Wildman–Crippen MR) is 118 cm³/mol. The number of amidine groups is 1. The monoisotopic (exact) mass is 438 g/mol. The summed E-state index contributed by atoms with van der Waals surface area (Å²) in [5.41, 5.74) is 1.58. The maximum atomic E-state index is 12.3. The Kier molecular flexibility index (Phi) is 5.74. The van der Waals surface area contributed by atoms with E-state index in [1.807, 2.05) is 12.1 Å². The van der Waals surface area contributed by atoms with Gasteiger partial charge in [-0.3, -0.25) is 4.79 Å². The van der Waals surface area contributed by atoms with Crippen molar-refractivity contribution < 1.29 is 18.7 Å². The zero-order valence-electron chi connectivity index (χ0n) is 15.7. The maximum Gasteiger partial charge on any atom is 0.338 e. The number of furan rings is 1. The van der Waals surface area contributed by atoms with Crippen molar-refractivity contribution in [2.75, 3.05) is 7.11 Å². The van der Waals surface area contributed by atoms with E-state index in [2.05, 4.69) is 10.3 Å². The van der Waals surface area contributed by atoms with E-state index in [4.69, 9.17) is 20.8 Å². The number of methoxy groups -OCH3 is 1. The number of rotatable bonds is 4. The number of hydrogen-bond donors (Lipinski definition) is 1. The normalized spacial score (nSPS) is 16.1. The van der Waals surface area contributed by atoms with E-state index in [1.54, 1.807) is 54.6 Å². The van der Waals surface area contributed by atoms with Crippen molar-refractivity contribution in [3.8, 4) is 11.3 Å². The van der Waals surface area contributed by atoms with E-state index < -0.39 is 5.97 Å². The molecule has 1 aromatic heterocycles. The van der Waals surface area contributed by atoms with Gasteiger partial charge in [0.2, 0.25) is 0 Å². The van der Waals surface area contributed by atoms with Gasteiger partial charge in [-0.05, 0) is 42.1 Å². The zero-order valence-corrected chi connectivity index (χ0v) is 17.3. The summed E-state index contributed by atoms with van der Waals surface area (Å²) in [5, 5.41) is 3.64. The number of para-hydroxylation sites is 1. The van der Waals surface area contributed by atoms with Gasteiger partial charge in [-0.2, -0.15) is 0 Å². The van der Waals surface area contributed by atoms with E-state index in [1.165, 1.54) is 18.9 Å². The molecule has 2 aromatic carbocycles. The third kappa shape index (κ3) is 4.17. The average Bonchev–Trinajstić information content (AvgIpc) is 3.36. The summed E-state index contributed by atoms with van der Waals surface area (Å²) in [4.78, 5) is 29.1. The van der Waals surface area contributed by atoms with E-state index in [0.717, 1.165) is 0 Å². The van der Waals surface area contributed by atoms with Crippen LogP contribution in [-0.4, -0.2) is 24.2 Å². The minimum atomic E-state index is -0.451. The number of hydrogen-bond acceptors (Lipinski definition) is 6. The van der Waals surface area contributed by atoms with Crippen LogP contribution in [-0.2, 0) is 9.53 Å². The molecule has 6 nitrogen and oxygen atoms in total. The number of ether oxygens (including phenoxy) is 1. The Morgan fingerprint density at radius 3 is 2.70 bits per heavy atom. The lowest BCUT2D eigenvalue weighted by atomic mass is 10.1. The molecule has 30 heavy (non-hydrogen) atoms. The van der Waals surface area contributed by atoms with Crippen LogP contribution < -0.4 is 5.32 Å². The Labute approximate surface area is 181 Å². The van der Waals surface area contributed by atoms with Crippen molar-refractivity contribution in [2.45, 2.75) is 0 Å². The van der Waals surface area contributed by atoms with Crippen molar-refractivity contribution in [1.29, 1.82) is 0 Å². The van der Waals surface area contributed by atoms with Crippen LogP contribution in [0, 0.1) is 0 Å². The standard InChI is InChI=1S/C22H15ClN2O4S/c1-28-21(27)15-7-3-2-6-14(15)18-11-10-13(29-18)12-19-20(26)25-22(30-19)24-17-9-5-4-8-16(17)23/h2-12H,1H3,(H,24,25,26)/b19-12-. The first-order valence-electron chi connectivity index (χ1n) is 8.87. The topological polar surface area (TPSA) is 80.9 Å². The van der Waals surface area contributed by atoms with Crippen molar-refractivity contribution in [1.82, 2.24) is 5.32 Å². The Morgan fingerprint density at radius 2 is 1.90 bits per heavy atom. The highest BCUT2D eigenvalue weighted by atomic mass is 35.5. The van der Waals surface area contributed by atoms with Crippen LogP contribution in [0.4, 0.5) is 5.69 Å². The van der Waals surface area contributed by atoms with E-state index >= 15 is 0 Å². The minimum absolute atomic E-state index is 0.279. The molecule has 1 fully saturated rings. The first kappa shape index (κ1) is 20.0. The van der Waals surface area contributed by atoms with Gasteiger partial charge in [0.05, 0.1) is 28.3 Å². The van der Waals surface area contributed by atoms with Crippen LogP contribution in [0.3, 0.4) is 0 Å². The Hall–Kier alpha value is -3.29. The second-order valence-corrected chi connectivity index (χ2v) is 7.61. The Bertz CT molecular complexity index is 1200. The van der Waals surface area contributed by atoms with Gasteiger partial charge >= 0.3 is 5.97 Å². The third-order valence-corrected chi connectivity index (χ3v) is 5.45. The summed E-state index contributed by atoms with van der Waals surface area (Å²) in [7, 11) is 1.33. The van der Waals surface area contributed by atoms with Gasteiger partial charge in [0, 0.05) is 11.6 Å². The summed E-state index contributed by atoms with van der Waals surface area (Å²) < 4.78 is 10.7. The fourth-order valence-corrected chi connectivity index (χ4v) is 3.82. The summed E-state index contributed by atoms with van der Waals surface area (Å²) in [6.07, 6.45) is 1.62. The molecule has 0 unspecified atom stereocenters. The number of carbonyl (C=O) groups is 2. The van der Waals surface area contributed by atoms with Gasteiger partial charge in [-0.25, -0.2) is 9.79 Å². The third-order valence-electron chi connectivity index (χ3n) is 4.22. The fourth-order valence-electron chi connectivity index (χ4n) is 2.82. The molecular formula is C22H15ClN2O4S. The molecule has 3 aromatic rings. The van der Waals surface area contributed by atoms with Crippen LogP contribution in [0.2, 0.25) is 5.02 Å². The highest BCUT2D eigenvalue weighted by molar-refractivity contribution is 8.18. The van der Waals surface area contributed by atoms with Gasteiger partial charge in [-0.1, -0.05) is 41.9 Å². The van der Waals surface area contributed by atoms with Gasteiger partial charge in [0.1, 0.15) is 11.5 Å². The Morgan fingerprint density at radius 1 is 1.13 bits per heavy atom. The largest absolute Gasteiger partial charge is 0.465 e. The Balaban J connectivity index is 1.59. The molecule has 4 rings (SSSR count). The number of nitrogens with zero attached hydrogens (tertiary/aromatic N) is 1. The van der Waals surface area contributed by atoms with Gasteiger partial charge in [0.25, 0.3) is 5.91 Å². The van der Waals surface area contributed by atoms with Crippen molar-refractivity contribution in [3.63, 3.8) is 0 Å². The summed E-state index contributed by atoms with van der Waals surface area (Å²) in [6.45, 7) is 0. The molecule has 1 amide bonds. The molecule has 0 saturated carbocycles. The fraction of sp³-hybridized carbons (Fsp3) is 0.0455. The second kappa shape index (κ2) is 8.61. The predicted octanol–water partition coefficient (Wildman–Crippen LogP) is 5.28. The lowest BCUT2D eigenvalue weighted by Gasteiger charge is -2.04. The summed E-state index contributed by atoms with van der Waals surface area (Å²) in [6, 6.07) is 17.6. The van der Waals surface area contributed by atoms with Gasteiger partial charge < -0.3 is 14.5 Å². The molecule has 1 aliphatic rings. The summed E-state index contributed by atoms with van der Waals surface area (Å²) in [5.74, 6) is 0.240. The van der Waals surface area contributed by atoms with Gasteiger partial charge in [0.15, 0.2) is 5.17 Å². The number of aliphatic imine (C=N–C) groups is 1. The smallest absolute Gasteiger partial charge is 0.338 e. The first-order chi connectivity index (χ1) is 14.5. The number of thioether (sulfide) groups is 1. The molecular weight excluding hydrogens is 424 g/mol. The van der Waals surface area contributed by atoms with Crippen molar-refractivity contribution in [3.05, 3.63) is 81.9 Å². The highest BCUT2D eigenvalue weighted by Gasteiger charge is 2.25. The molecule has 1 saturated heterocycles. The van der Waals surface area contributed by atoms with Crippen LogP contribution >= 0.6 is 23.4 Å². The lowest BCUT2D eigenvalue weighted by molar-refractivity contribution is -0.115. The quantitative estimate of drug-likeness (QED) is 0.443. The molecule has 0 atom stereocenters. The molecule has 0 radical (unpaired) electrons. The van der Waals surface area contributed by atoms with Crippen molar-refractivity contribution >= 4 is 52.2 Å². The first-order valence-corrected chi connectivity index (χ1v) is 10.1. The van der Waals surface area contributed by atoms with E-state index in [9.17, 15) is 9.59 Å². The number of nitrogens with one attached hydrogen (secondary N) is 1. The molecule has 8 heteroatoms. The highest BCUT2D eigenvalue weighted by Crippen LogP contribution is 2.32. The zero-order chi connectivity index (χ0) is 21.1. The number of esters is 1.